The van der Waals surface area contributed by atoms with Crippen LogP contribution in [0.4, 0.5) is 13.2 Å². The van der Waals surface area contributed by atoms with E-state index >= 15 is 0 Å². The van der Waals surface area contributed by atoms with Crippen molar-refractivity contribution < 1.29 is 22.6 Å². The molecule has 1 aliphatic heterocycles. The van der Waals surface area contributed by atoms with Crippen molar-refractivity contribution in [2.75, 3.05) is 0 Å². The third kappa shape index (κ3) is 2.28. The molecule has 1 aliphatic rings. The van der Waals surface area contributed by atoms with Crippen LogP contribution in [0.2, 0.25) is 0 Å². The number of halogens is 3. The van der Waals surface area contributed by atoms with Gasteiger partial charge in [-0.2, -0.15) is 13.2 Å². The van der Waals surface area contributed by atoms with Gasteiger partial charge in [0, 0.05) is 0 Å². The summed E-state index contributed by atoms with van der Waals surface area (Å²) in [7, 11) is 0. The van der Waals surface area contributed by atoms with Gasteiger partial charge in [-0.05, 0) is 27.2 Å². The molecule has 2 unspecified atom stereocenters. The zero-order valence-electron chi connectivity index (χ0n) is 9.44. The van der Waals surface area contributed by atoms with Crippen LogP contribution >= 0.6 is 0 Å². The molecule has 1 rings (SSSR count). The molecule has 0 bridgehead atoms. The molecule has 2 atom stereocenters. The fourth-order valence-electron chi connectivity index (χ4n) is 1.80. The van der Waals surface area contributed by atoms with E-state index in [1.165, 1.54) is 0 Å². The maximum atomic E-state index is 12.7. The van der Waals surface area contributed by atoms with Crippen LogP contribution in [-0.4, -0.2) is 23.7 Å². The first-order chi connectivity index (χ1) is 6.62. The number of rotatable bonds is 2. The Morgan fingerprint density at radius 2 is 1.73 bits per heavy atom. The Hall–Kier alpha value is -0.290. The molecule has 0 spiro atoms. The second kappa shape index (κ2) is 3.63. The van der Waals surface area contributed by atoms with Crippen molar-refractivity contribution in [1.29, 1.82) is 0 Å². The summed E-state index contributed by atoms with van der Waals surface area (Å²) >= 11 is 0. The molecule has 5 heteroatoms. The van der Waals surface area contributed by atoms with Gasteiger partial charge in [-0.15, -0.1) is 0 Å². The minimum absolute atomic E-state index is 0.505. The highest BCUT2D eigenvalue weighted by Gasteiger charge is 2.63. The van der Waals surface area contributed by atoms with Crippen LogP contribution in [0.5, 0.6) is 0 Å². The van der Waals surface area contributed by atoms with Gasteiger partial charge in [0.2, 0.25) is 0 Å². The van der Waals surface area contributed by atoms with Crippen LogP contribution < -0.4 is 0 Å². The summed E-state index contributed by atoms with van der Waals surface area (Å²) < 4.78 is 48.0. The van der Waals surface area contributed by atoms with Crippen molar-refractivity contribution in [3.63, 3.8) is 0 Å². The lowest BCUT2D eigenvalue weighted by Crippen LogP contribution is -2.44. The van der Waals surface area contributed by atoms with Crippen LogP contribution in [0.15, 0.2) is 0 Å². The largest absolute Gasteiger partial charge is 0.442 e. The standard InChI is InChI=1S/C10H17F3O2/c1-5-6-7-8(2,3)15-9(4,14-7)10(11,12)13/h7H,5-6H2,1-4H3. The highest BCUT2D eigenvalue weighted by atomic mass is 19.4. The molecule has 0 aromatic heterocycles. The number of alkyl halides is 3. The minimum Gasteiger partial charge on any atom is -0.336 e. The summed E-state index contributed by atoms with van der Waals surface area (Å²) in [6.45, 7) is 6.10. The lowest BCUT2D eigenvalue weighted by molar-refractivity contribution is -0.346. The second-order valence-corrected chi connectivity index (χ2v) is 4.54. The van der Waals surface area contributed by atoms with Gasteiger partial charge in [0.15, 0.2) is 0 Å². The molecule has 1 saturated heterocycles. The molecular weight excluding hydrogens is 209 g/mol. The summed E-state index contributed by atoms with van der Waals surface area (Å²) in [5.41, 5.74) is -0.889. The van der Waals surface area contributed by atoms with Crippen LogP contribution in [0, 0.1) is 0 Å². The molecule has 0 aliphatic carbocycles. The SMILES string of the molecule is CCCC1OC(C)(C(F)(F)F)OC1(C)C. The first-order valence-electron chi connectivity index (χ1n) is 5.07. The maximum Gasteiger partial charge on any atom is 0.442 e. The third-order valence-electron chi connectivity index (χ3n) is 2.67. The highest BCUT2D eigenvalue weighted by molar-refractivity contribution is 4.93. The molecule has 1 fully saturated rings. The Bertz CT molecular complexity index is 237. The summed E-state index contributed by atoms with van der Waals surface area (Å²) in [5.74, 6) is -2.46. The van der Waals surface area contributed by atoms with Crippen molar-refractivity contribution >= 4 is 0 Å². The zero-order valence-corrected chi connectivity index (χ0v) is 9.44. The number of ether oxygens (including phenoxy) is 2. The molecule has 90 valence electrons. The molecule has 0 aromatic carbocycles. The van der Waals surface area contributed by atoms with Gasteiger partial charge in [-0.25, -0.2) is 0 Å². The van der Waals surface area contributed by atoms with Gasteiger partial charge in [0.1, 0.15) is 0 Å². The quantitative estimate of drug-likeness (QED) is 0.719. The molecule has 1 heterocycles. The molecule has 0 aromatic rings. The van der Waals surface area contributed by atoms with Crippen molar-refractivity contribution in [3.05, 3.63) is 0 Å². The fourth-order valence-corrected chi connectivity index (χ4v) is 1.80. The molecule has 0 radical (unpaired) electrons. The first-order valence-corrected chi connectivity index (χ1v) is 5.07. The van der Waals surface area contributed by atoms with E-state index in [0.29, 0.717) is 6.42 Å². The Morgan fingerprint density at radius 1 is 1.20 bits per heavy atom. The van der Waals surface area contributed by atoms with Gasteiger partial charge in [-0.1, -0.05) is 13.3 Å². The van der Waals surface area contributed by atoms with Gasteiger partial charge >= 0.3 is 6.18 Å². The number of hydrogen-bond acceptors (Lipinski definition) is 2. The average Bonchev–Trinajstić information content (AvgIpc) is 2.22. The predicted octanol–water partition coefficient (Wildman–Crippen LogP) is 3.26. The monoisotopic (exact) mass is 226 g/mol. The molecule has 0 saturated carbocycles. The lowest BCUT2D eigenvalue weighted by atomic mass is 9.98. The van der Waals surface area contributed by atoms with Crippen molar-refractivity contribution in [2.45, 2.75) is 64.2 Å². The Kier molecular flexibility index (Phi) is 3.09. The molecule has 2 nitrogen and oxygen atoms in total. The van der Waals surface area contributed by atoms with E-state index < -0.39 is 23.7 Å². The average molecular weight is 226 g/mol. The van der Waals surface area contributed by atoms with E-state index in [-0.39, 0.29) is 0 Å². The van der Waals surface area contributed by atoms with E-state index in [9.17, 15) is 13.2 Å². The van der Waals surface area contributed by atoms with Crippen LogP contribution in [-0.2, 0) is 9.47 Å². The summed E-state index contributed by atoms with van der Waals surface area (Å²) in [5, 5.41) is 0. The third-order valence-corrected chi connectivity index (χ3v) is 2.67. The Labute approximate surface area is 87.7 Å². The maximum absolute atomic E-state index is 12.7. The van der Waals surface area contributed by atoms with Gasteiger partial charge < -0.3 is 9.47 Å². The van der Waals surface area contributed by atoms with Crippen molar-refractivity contribution in [1.82, 2.24) is 0 Å². The first kappa shape index (κ1) is 12.8. The minimum atomic E-state index is -4.49. The summed E-state index contributed by atoms with van der Waals surface area (Å²) in [4.78, 5) is 0. The molecule has 15 heavy (non-hydrogen) atoms. The highest BCUT2D eigenvalue weighted by Crippen LogP contribution is 2.46. The Balaban J connectivity index is 2.86. The van der Waals surface area contributed by atoms with E-state index in [2.05, 4.69) is 0 Å². The van der Waals surface area contributed by atoms with Crippen LogP contribution in [0.25, 0.3) is 0 Å². The zero-order chi connectivity index (χ0) is 11.9. The van der Waals surface area contributed by atoms with Crippen molar-refractivity contribution in [2.24, 2.45) is 0 Å². The van der Waals surface area contributed by atoms with E-state index in [1.54, 1.807) is 13.8 Å². The van der Waals surface area contributed by atoms with Gasteiger partial charge in [0.05, 0.1) is 11.7 Å². The molecular formula is C10H17F3O2. The Morgan fingerprint density at radius 3 is 2.07 bits per heavy atom. The topological polar surface area (TPSA) is 18.5 Å². The van der Waals surface area contributed by atoms with Gasteiger partial charge in [0.25, 0.3) is 5.79 Å². The van der Waals surface area contributed by atoms with E-state index in [1.807, 2.05) is 6.92 Å². The number of hydrogen-bond donors (Lipinski definition) is 0. The smallest absolute Gasteiger partial charge is 0.336 e. The fraction of sp³-hybridized carbons (Fsp3) is 1.00. The van der Waals surface area contributed by atoms with Crippen LogP contribution in [0.1, 0.15) is 40.5 Å². The summed E-state index contributed by atoms with van der Waals surface area (Å²) in [6.07, 6.45) is -3.66. The molecule has 0 N–H and O–H groups in total. The second-order valence-electron chi connectivity index (χ2n) is 4.54. The van der Waals surface area contributed by atoms with Gasteiger partial charge in [-0.3, -0.25) is 0 Å². The van der Waals surface area contributed by atoms with E-state index in [0.717, 1.165) is 13.3 Å². The van der Waals surface area contributed by atoms with Crippen LogP contribution in [0.3, 0.4) is 0 Å². The molecule has 0 amide bonds. The summed E-state index contributed by atoms with van der Waals surface area (Å²) in [6, 6.07) is 0. The van der Waals surface area contributed by atoms with E-state index in [4.69, 9.17) is 9.47 Å². The predicted molar refractivity (Wildman–Crippen MR) is 49.4 cm³/mol. The normalized spacial score (nSPS) is 35.8. The van der Waals surface area contributed by atoms with Crippen molar-refractivity contribution in [3.8, 4) is 0 Å². The lowest BCUT2D eigenvalue weighted by Gasteiger charge is -2.27.